The number of benzene rings is 1. The second-order valence-corrected chi connectivity index (χ2v) is 4.13. The van der Waals surface area contributed by atoms with Gasteiger partial charge in [0.1, 0.15) is 0 Å². The summed E-state index contributed by atoms with van der Waals surface area (Å²) in [5.41, 5.74) is 1.32. The molecule has 0 fully saturated rings. The van der Waals surface area contributed by atoms with Gasteiger partial charge in [-0.05, 0) is 18.6 Å². The minimum Gasteiger partial charge on any atom is -0.481 e. The molecule has 0 aliphatic heterocycles. The van der Waals surface area contributed by atoms with Gasteiger partial charge in [0.15, 0.2) is 0 Å². The fraction of sp³-hybridized carbons (Fsp3) is 0.214. The van der Waals surface area contributed by atoms with Crippen molar-refractivity contribution in [3.8, 4) is 0 Å². The van der Waals surface area contributed by atoms with Crippen molar-refractivity contribution in [2.45, 2.75) is 12.8 Å². The molecule has 0 spiro atoms. The number of rotatable bonds is 5. The second kappa shape index (κ2) is 5.95. The Balaban J connectivity index is 2.07. The fourth-order valence-corrected chi connectivity index (χ4v) is 1.83. The maximum Gasteiger partial charge on any atom is 0.303 e. The SMILES string of the molecule is O=C(O)CCCNC(=O)c1ccnc2ccccc12. The summed E-state index contributed by atoms with van der Waals surface area (Å²) >= 11 is 0. The van der Waals surface area contributed by atoms with Gasteiger partial charge in [-0.3, -0.25) is 14.6 Å². The van der Waals surface area contributed by atoms with E-state index in [-0.39, 0.29) is 12.3 Å². The van der Waals surface area contributed by atoms with Crippen molar-refractivity contribution < 1.29 is 14.7 Å². The van der Waals surface area contributed by atoms with E-state index in [1.54, 1.807) is 12.3 Å². The molecule has 1 heterocycles. The average molecular weight is 258 g/mol. The lowest BCUT2D eigenvalue weighted by molar-refractivity contribution is -0.137. The monoisotopic (exact) mass is 258 g/mol. The summed E-state index contributed by atoms with van der Waals surface area (Å²) in [5.74, 6) is -1.06. The maximum atomic E-state index is 12.0. The Morgan fingerprint density at radius 2 is 2.00 bits per heavy atom. The highest BCUT2D eigenvalue weighted by Crippen LogP contribution is 2.15. The highest BCUT2D eigenvalue weighted by Gasteiger charge is 2.09. The number of nitrogens with zero attached hydrogens (tertiary/aromatic N) is 1. The van der Waals surface area contributed by atoms with Gasteiger partial charge in [-0.15, -0.1) is 0 Å². The molecule has 5 heteroatoms. The Kier molecular flexibility index (Phi) is 4.07. The van der Waals surface area contributed by atoms with E-state index < -0.39 is 5.97 Å². The van der Waals surface area contributed by atoms with Crippen LogP contribution in [0.4, 0.5) is 0 Å². The van der Waals surface area contributed by atoms with Crippen molar-refractivity contribution in [2.75, 3.05) is 6.54 Å². The lowest BCUT2D eigenvalue weighted by Gasteiger charge is -2.06. The zero-order chi connectivity index (χ0) is 13.7. The number of fused-ring (bicyclic) bond motifs is 1. The first kappa shape index (κ1) is 13.0. The zero-order valence-corrected chi connectivity index (χ0v) is 10.3. The van der Waals surface area contributed by atoms with E-state index in [2.05, 4.69) is 10.3 Å². The number of carbonyl (C=O) groups is 2. The van der Waals surface area contributed by atoms with Crippen LogP contribution in [0, 0.1) is 0 Å². The van der Waals surface area contributed by atoms with Gasteiger partial charge in [-0.25, -0.2) is 0 Å². The van der Waals surface area contributed by atoms with Crippen molar-refractivity contribution in [1.82, 2.24) is 10.3 Å². The number of hydrogen-bond donors (Lipinski definition) is 2. The number of pyridine rings is 1. The summed E-state index contributed by atoms with van der Waals surface area (Å²) < 4.78 is 0. The molecule has 0 saturated carbocycles. The molecule has 0 unspecified atom stereocenters. The molecular formula is C14H14N2O3. The topological polar surface area (TPSA) is 79.3 Å². The summed E-state index contributed by atoms with van der Waals surface area (Å²) in [6.07, 6.45) is 2.07. The van der Waals surface area contributed by atoms with Gasteiger partial charge in [0.05, 0.1) is 11.1 Å². The lowest BCUT2D eigenvalue weighted by Crippen LogP contribution is -2.25. The molecule has 2 rings (SSSR count). The first-order valence-electron chi connectivity index (χ1n) is 6.02. The van der Waals surface area contributed by atoms with Gasteiger partial charge >= 0.3 is 5.97 Å². The largest absolute Gasteiger partial charge is 0.481 e. The molecule has 2 N–H and O–H groups in total. The van der Waals surface area contributed by atoms with Crippen LogP contribution >= 0.6 is 0 Å². The van der Waals surface area contributed by atoms with E-state index in [1.165, 1.54) is 0 Å². The number of hydrogen-bond acceptors (Lipinski definition) is 3. The molecule has 1 aromatic carbocycles. The van der Waals surface area contributed by atoms with E-state index >= 15 is 0 Å². The van der Waals surface area contributed by atoms with Gasteiger partial charge in [0, 0.05) is 24.5 Å². The van der Waals surface area contributed by atoms with Gasteiger partial charge < -0.3 is 10.4 Å². The van der Waals surface area contributed by atoms with Gasteiger partial charge in [0.2, 0.25) is 0 Å². The quantitative estimate of drug-likeness (QED) is 0.802. The number of amides is 1. The highest BCUT2D eigenvalue weighted by molar-refractivity contribution is 6.05. The predicted octanol–water partition coefficient (Wildman–Crippen LogP) is 1.83. The number of carbonyl (C=O) groups excluding carboxylic acids is 1. The first-order chi connectivity index (χ1) is 9.18. The molecule has 0 saturated heterocycles. The summed E-state index contributed by atoms with van der Waals surface area (Å²) in [6.45, 7) is 0.349. The van der Waals surface area contributed by atoms with Gasteiger partial charge in [0.25, 0.3) is 5.91 Å². The minimum absolute atomic E-state index is 0.0529. The molecule has 2 aromatic rings. The molecule has 5 nitrogen and oxygen atoms in total. The first-order valence-corrected chi connectivity index (χ1v) is 6.02. The van der Waals surface area contributed by atoms with Crippen LogP contribution in [0.15, 0.2) is 36.5 Å². The summed E-state index contributed by atoms with van der Waals surface area (Å²) in [6, 6.07) is 9.06. The number of aromatic nitrogens is 1. The number of aliphatic carboxylic acids is 1. The second-order valence-electron chi connectivity index (χ2n) is 4.13. The third kappa shape index (κ3) is 3.28. The predicted molar refractivity (Wildman–Crippen MR) is 70.9 cm³/mol. The molecule has 0 aliphatic rings. The normalized spacial score (nSPS) is 10.3. The van der Waals surface area contributed by atoms with Crippen molar-refractivity contribution >= 4 is 22.8 Å². The van der Waals surface area contributed by atoms with Crippen LogP contribution in [-0.2, 0) is 4.79 Å². The summed E-state index contributed by atoms with van der Waals surface area (Å²) in [4.78, 5) is 26.6. The molecule has 0 bridgehead atoms. The van der Waals surface area contributed by atoms with Crippen LogP contribution < -0.4 is 5.32 Å². The number of nitrogens with one attached hydrogen (secondary N) is 1. The Hall–Kier alpha value is -2.43. The number of carboxylic acids is 1. The molecule has 19 heavy (non-hydrogen) atoms. The maximum absolute atomic E-state index is 12.0. The Bertz CT molecular complexity index is 605. The summed E-state index contributed by atoms with van der Waals surface area (Å²) in [5, 5.41) is 12.0. The molecule has 0 atom stereocenters. The Labute approximate surface area is 110 Å². The van der Waals surface area contributed by atoms with E-state index in [4.69, 9.17) is 5.11 Å². The van der Waals surface area contributed by atoms with Crippen molar-refractivity contribution in [3.63, 3.8) is 0 Å². The molecule has 1 aromatic heterocycles. The van der Waals surface area contributed by atoms with Crippen LogP contribution in [0.1, 0.15) is 23.2 Å². The molecule has 0 aliphatic carbocycles. The minimum atomic E-state index is -0.858. The smallest absolute Gasteiger partial charge is 0.303 e. The Morgan fingerprint density at radius 3 is 2.79 bits per heavy atom. The van der Waals surface area contributed by atoms with Gasteiger partial charge in [-0.2, -0.15) is 0 Å². The molecule has 1 amide bonds. The third-order valence-electron chi connectivity index (χ3n) is 2.75. The van der Waals surface area contributed by atoms with E-state index in [0.717, 1.165) is 10.9 Å². The van der Waals surface area contributed by atoms with Crippen LogP contribution in [0.2, 0.25) is 0 Å². The number of carboxylic acid groups (broad SMARTS) is 1. The molecule has 0 radical (unpaired) electrons. The van der Waals surface area contributed by atoms with E-state index in [0.29, 0.717) is 18.5 Å². The van der Waals surface area contributed by atoms with Crippen molar-refractivity contribution in [2.24, 2.45) is 0 Å². The third-order valence-corrected chi connectivity index (χ3v) is 2.75. The number of para-hydroxylation sites is 1. The molecular weight excluding hydrogens is 244 g/mol. The standard InChI is InChI=1S/C14H14N2O3/c17-13(18)6-3-8-16-14(19)11-7-9-15-12-5-2-1-4-10(11)12/h1-2,4-5,7,9H,3,6,8H2,(H,16,19)(H,17,18). The average Bonchev–Trinajstić information content (AvgIpc) is 2.42. The van der Waals surface area contributed by atoms with Crippen LogP contribution in [-0.4, -0.2) is 28.5 Å². The lowest BCUT2D eigenvalue weighted by atomic mass is 10.1. The zero-order valence-electron chi connectivity index (χ0n) is 10.3. The van der Waals surface area contributed by atoms with Gasteiger partial charge in [-0.1, -0.05) is 18.2 Å². The van der Waals surface area contributed by atoms with Crippen molar-refractivity contribution in [1.29, 1.82) is 0 Å². The van der Waals surface area contributed by atoms with Crippen LogP contribution in [0.3, 0.4) is 0 Å². The van der Waals surface area contributed by atoms with E-state index in [9.17, 15) is 9.59 Å². The Morgan fingerprint density at radius 1 is 1.21 bits per heavy atom. The van der Waals surface area contributed by atoms with Crippen LogP contribution in [0.25, 0.3) is 10.9 Å². The van der Waals surface area contributed by atoms with Crippen molar-refractivity contribution in [3.05, 3.63) is 42.1 Å². The highest BCUT2D eigenvalue weighted by atomic mass is 16.4. The molecule has 98 valence electrons. The van der Waals surface area contributed by atoms with E-state index in [1.807, 2.05) is 24.3 Å². The summed E-state index contributed by atoms with van der Waals surface area (Å²) in [7, 11) is 0. The van der Waals surface area contributed by atoms with Crippen LogP contribution in [0.5, 0.6) is 0 Å². The fourth-order valence-electron chi connectivity index (χ4n) is 1.83.